The van der Waals surface area contributed by atoms with Crippen molar-refractivity contribution in [3.8, 4) is 0 Å². The Morgan fingerprint density at radius 1 is 1.09 bits per heavy atom. The summed E-state index contributed by atoms with van der Waals surface area (Å²) in [5.41, 5.74) is 2.19. The normalized spacial score (nSPS) is 15.4. The first-order valence-corrected chi connectivity index (χ1v) is 12.1. The van der Waals surface area contributed by atoms with Gasteiger partial charge >= 0.3 is 0 Å². The minimum Gasteiger partial charge on any atom is -0.359 e. The van der Waals surface area contributed by atoms with E-state index in [1.54, 1.807) is 0 Å². The van der Waals surface area contributed by atoms with Crippen LogP contribution >= 0.6 is 0 Å². The first-order valence-electron chi connectivity index (χ1n) is 12.1. The van der Waals surface area contributed by atoms with E-state index in [9.17, 15) is 0 Å². The fraction of sp³-hybridized carbons (Fsp3) is 0.625. The van der Waals surface area contributed by atoms with Crippen LogP contribution in [0.15, 0.2) is 33.9 Å². The van der Waals surface area contributed by atoms with Crippen molar-refractivity contribution in [2.75, 3.05) is 44.2 Å². The number of nitrogens with one attached hydrogen (secondary N) is 2. The summed E-state index contributed by atoms with van der Waals surface area (Å²) >= 11 is 0. The van der Waals surface area contributed by atoms with Gasteiger partial charge in [-0.15, -0.1) is 0 Å². The van der Waals surface area contributed by atoms with Crippen molar-refractivity contribution in [2.24, 2.45) is 4.99 Å². The highest BCUT2D eigenvalue weighted by atomic mass is 16.5. The lowest BCUT2D eigenvalue weighted by Crippen LogP contribution is -2.46. The molecule has 2 N–H and O–H groups in total. The van der Waals surface area contributed by atoms with Crippen LogP contribution < -0.4 is 15.5 Å². The van der Waals surface area contributed by atoms with Crippen LogP contribution in [-0.4, -0.2) is 60.3 Å². The van der Waals surface area contributed by atoms with Crippen molar-refractivity contribution < 1.29 is 4.52 Å². The van der Waals surface area contributed by atoms with Crippen molar-refractivity contribution in [3.05, 3.63) is 41.4 Å². The summed E-state index contributed by atoms with van der Waals surface area (Å²) in [6.45, 7) is 15.9. The highest BCUT2D eigenvalue weighted by Gasteiger charge is 2.17. The number of piperazine rings is 1. The summed E-state index contributed by atoms with van der Waals surface area (Å²) in [5.74, 6) is 3.10. The molecule has 0 spiro atoms. The molecule has 0 amide bonds. The molecular formula is C24H39N7O. The Balaban J connectivity index is 1.58. The quantitative estimate of drug-likeness (QED) is 0.432. The second-order valence-electron chi connectivity index (χ2n) is 8.22. The van der Waals surface area contributed by atoms with Gasteiger partial charge < -0.3 is 25.0 Å². The van der Waals surface area contributed by atoms with Gasteiger partial charge in [0, 0.05) is 50.9 Å². The first kappa shape index (κ1) is 24.0. The summed E-state index contributed by atoms with van der Waals surface area (Å²) in [5, 5.41) is 10.9. The number of aromatic nitrogens is 2. The van der Waals surface area contributed by atoms with Gasteiger partial charge in [-0.3, -0.25) is 0 Å². The van der Waals surface area contributed by atoms with Crippen molar-refractivity contribution >= 4 is 11.8 Å². The average Bonchev–Trinajstić information content (AvgIpc) is 3.30. The third-order valence-electron chi connectivity index (χ3n) is 6.13. The smallest absolute Gasteiger partial charge is 0.191 e. The predicted molar refractivity (Wildman–Crippen MR) is 130 cm³/mol. The SMILES string of the molecule is CCNC(=NCc1ccnc(N2CCN(CC)CC2)c1)NCc1cc(C(CC)CC)no1. The Morgan fingerprint density at radius 3 is 2.56 bits per heavy atom. The summed E-state index contributed by atoms with van der Waals surface area (Å²) in [7, 11) is 0. The van der Waals surface area contributed by atoms with E-state index in [1.165, 1.54) is 0 Å². The molecule has 0 saturated carbocycles. The van der Waals surface area contributed by atoms with Gasteiger partial charge in [-0.2, -0.15) is 0 Å². The van der Waals surface area contributed by atoms with Crippen LogP contribution in [0.1, 0.15) is 63.5 Å². The molecule has 0 unspecified atom stereocenters. The monoisotopic (exact) mass is 441 g/mol. The average molecular weight is 442 g/mol. The van der Waals surface area contributed by atoms with E-state index in [0.717, 1.165) is 80.9 Å². The molecule has 1 saturated heterocycles. The van der Waals surface area contributed by atoms with E-state index in [2.05, 4.69) is 70.4 Å². The maximum atomic E-state index is 5.53. The third-order valence-corrected chi connectivity index (χ3v) is 6.13. The third kappa shape index (κ3) is 6.69. The van der Waals surface area contributed by atoms with Crippen molar-refractivity contribution in [2.45, 2.75) is 59.5 Å². The van der Waals surface area contributed by atoms with Crippen molar-refractivity contribution in [1.82, 2.24) is 25.7 Å². The van der Waals surface area contributed by atoms with E-state index in [4.69, 9.17) is 9.52 Å². The van der Waals surface area contributed by atoms with Crippen LogP contribution in [0, 0.1) is 0 Å². The van der Waals surface area contributed by atoms with Gasteiger partial charge in [-0.05, 0) is 44.0 Å². The number of nitrogens with zero attached hydrogens (tertiary/aromatic N) is 5. The molecule has 3 heterocycles. The summed E-state index contributed by atoms with van der Waals surface area (Å²) in [6.07, 6.45) is 4.03. The number of likely N-dealkylation sites (N-methyl/N-ethyl adjacent to an activating group) is 1. The number of aliphatic imine (C=N–C) groups is 1. The molecule has 0 atom stereocenters. The number of anilines is 1. The van der Waals surface area contributed by atoms with Crippen LogP contribution in [0.5, 0.6) is 0 Å². The van der Waals surface area contributed by atoms with E-state index in [-0.39, 0.29) is 0 Å². The maximum absolute atomic E-state index is 5.53. The topological polar surface area (TPSA) is 81.8 Å². The van der Waals surface area contributed by atoms with Gasteiger partial charge in [0.15, 0.2) is 11.7 Å². The highest BCUT2D eigenvalue weighted by Crippen LogP contribution is 2.22. The van der Waals surface area contributed by atoms with Gasteiger partial charge in [0.2, 0.25) is 0 Å². The van der Waals surface area contributed by atoms with Gasteiger partial charge in [0.05, 0.1) is 18.8 Å². The molecule has 1 aliphatic heterocycles. The Kier molecular flexibility index (Phi) is 9.34. The van der Waals surface area contributed by atoms with Crippen molar-refractivity contribution in [1.29, 1.82) is 0 Å². The van der Waals surface area contributed by atoms with Gasteiger partial charge in [0.1, 0.15) is 5.82 Å². The highest BCUT2D eigenvalue weighted by molar-refractivity contribution is 5.79. The fourth-order valence-corrected chi connectivity index (χ4v) is 4.02. The lowest BCUT2D eigenvalue weighted by molar-refractivity contribution is 0.270. The zero-order chi connectivity index (χ0) is 22.8. The second kappa shape index (κ2) is 12.4. The van der Waals surface area contributed by atoms with E-state index in [1.807, 2.05) is 12.3 Å². The molecule has 0 bridgehead atoms. The molecule has 2 aromatic rings. The molecular weight excluding hydrogens is 402 g/mol. The zero-order valence-electron chi connectivity index (χ0n) is 20.1. The number of hydrogen-bond acceptors (Lipinski definition) is 6. The molecule has 1 aliphatic rings. The lowest BCUT2D eigenvalue weighted by atomic mass is 9.99. The Morgan fingerprint density at radius 2 is 1.88 bits per heavy atom. The molecule has 8 heteroatoms. The van der Waals surface area contributed by atoms with Crippen LogP contribution in [0.25, 0.3) is 0 Å². The number of guanidine groups is 1. The number of hydrogen-bond donors (Lipinski definition) is 2. The van der Waals surface area contributed by atoms with E-state index >= 15 is 0 Å². The van der Waals surface area contributed by atoms with Gasteiger partial charge in [-0.1, -0.05) is 25.9 Å². The van der Waals surface area contributed by atoms with Crippen LogP contribution in [0.4, 0.5) is 5.82 Å². The summed E-state index contributed by atoms with van der Waals surface area (Å²) in [4.78, 5) is 14.2. The van der Waals surface area contributed by atoms with E-state index in [0.29, 0.717) is 19.0 Å². The number of rotatable bonds is 10. The first-order chi connectivity index (χ1) is 15.7. The lowest BCUT2D eigenvalue weighted by Gasteiger charge is -2.34. The van der Waals surface area contributed by atoms with Crippen LogP contribution in [-0.2, 0) is 13.1 Å². The summed E-state index contributed by atoms with van der Waals surface area (Å²) in [6, 6.07) is 6.26. The molecule has 0 radical (unpaired) electrons. The number of pyridine rings is 1. The molecule has 32 heavy (non-hydrogen) atoms. The zero-order valence-corrected chi connectivity index (χ0v) is 20.1. The molecule has 0 aromatic carbocycles. The van der Waals surface area contributed by atoms with Gasteiger partial charge in [-0.25, -0.2) is 9.98 Å². The van der Waals surface area contributed by atoms with Crippen LogP contribution in [0.3, 0.4) is 0 Å². The molecule has 176 valence electrons. The standard InChI is InChI=1S/C24H39N7O/c1-5-20(6-2)22-16-21(32-29-22)18-28-24(25-7-3)27-17-19-9-10-26-23(15-19)31-13-11-30(8-4)12-14-31/h9-10,15-16,20H,5-8,11-14,17-18H2,1-4H3,(H2,25,27,28). The van der Waals surface area contributed by atoms with Crippen molar-refractivity contribution in [3.63, 3.8) is 0 Å². The minimum absolute atomic E-state index is 0.459. The van der Waals surface area contributed by atoms with Crippen LogP contribution in [0.2, 0.25) is 0 Å². The van der Waals surface area contributed by atoms with E-state index < -0.39 is 0 Å². The fourth-order valence-electron chi connectivity index (χ4n) is 4.02. The Hall–Kier alpha value is -2.61. The maximum Gasteiger partial charge on any atom is 0.191 e. The Bertz CT molecular complexity index is 838. The second-order valence-corrected chi connectivity index (χ2v) is 8.22. The molecule has 8 nitrogen and oxygen atoms in total. The molecule has 1 fully saturated rings. The Labute approximate surface area is 192 Å². The predicted octanol–water partition coefficient (Wildman–Crippen LogP) is 3.37. The molecule has 3 rings (SSSR count). The molecule has 0 aliphatic carbocycles. The van der Waals surface area contributed by atoms with Gasteiger partial charge in [0.25, 0.3) is 0 Å². The molecule has 2 aromatic heterocycles. The minimum atomic E-state index is 0.459. The largest absolute Gasteiger partial charge is 0.359 e. The summed E-state index contributed by atoms with van der Waals surface area (Å²) < 4.78 is 5.53.